The molecule has 1 heterocycles. The largest absolute Gasteiger partial charge is 0.490 e. The standard InChI is InChI=1S/C15H17NO4/c1-3-18-12-8-7-11(10-14(12)19-4-2)16-15(17)13-6-5-9-20-13/h5-10H,3-4H2,1-2H3,(H,16,17). The average molecular weight is 275 g/mol. The molecule has 0 saturated heterocycles. The van der Waals surface area contributed by atoms with E-state index in [-0.39, 0.29) is 11.7 Å². The summed E-state index contributed by atoms with van der Waals surface area (Å²) in [5, 5.41) is 2.74. The van der Waals surface area contributed by atoms with E-state index in [4.69, 9.17) is 13.9 Å². The molecule has 1 aromatic carbocycles. The molecule has 0 spiro atoms. The van der Waals surface area contributed by atoms with Gasteiger partial charge in [-0.2, -0.15) is 0 Å². The normalized spacial score (nSPS) is 10.1. The summed E-state index contributed by atoms with van der Waals surface area (Å²) < 4.78 is 16.0. The van der Waals surface area contributed by atoms with E-state index in [2.05, 4.69) is 5.32 Å². The molecule has 0 aliphatic heterocycles. The van der Waals surface area contributed by atoms with E-state index in [1.54, 1.807) is 30.3 Å². The molecule has 106 valence electrons. The molecule has 1 amide bonds. The average Bonchev–Trinajstić information content (AvgIpc) is 2.96. The molecule has 0 radical (unpaired) electrons. The summed E-state index contributed by atoms with van der Waals surface area (Å²) >= 11 is 0. The molecule has 2 aromatic rings. The van der Waals surface area contributed by atoms with Crippen LogP contribution in [0.4, 0.5) is 5.69 Å². The third-order valence-corrected chi connectivity index (χ3v) is 2.55. The lowest BCUT2D eigenvalue weighted by Gasteiger charge is -2.12. The van der Waals surface area contributed by atoms with Crippen molar-refractivity contribution < 1.29 is 18.7 Å². The van der Waals surface area contributed by atoms with Crippen molar-refractivity contribution in [3.8, 4) is 11.5 Å². The molecular formula is C15H17NO4. The van der Waals surface area contributed by atoms with Crippen molar-refractivity contribution in [2.24, 2.45) is 0 Å². The lowest BCUT2D eigenvalue weighted by atomic mass is 10.2. The molecule has 0 aliphatic rings. The Morgan fingerprint density at radius 3 is 2.55 bits per heavy atom. The van der Waals surface area contributed by atoms with Gasteiger partial charge in [-0.25, -0.2) is 0 Å². The Morgan fingerprint density at radius 2 is 1.90 bits per heavy atom. The van der Waals surface area contributed by atoms with Crippen molar-refractivity contribution in [3.05, 3.63) is 42.4 Å². The molecule has 1 aromatic heterocycles. The van der Waals surface area contributed by atoms with Crippen LogP contribution in [0.5, 0.6) is 11.5 Å². The highest BCUT2D eigenvalue weighted by molar-refractivity contribution is 6.02. The molecule has 5 nitrogen and oxygen atoms in total. The van der Waals surface area contributed by atoms with Crippen molar-refractivity contribution in [2.75, 3.05) is 18.5 Å². The molecule has 0 saturated carbocycles. The number of hydrogen-bond acceptors (Lipinski definition) is 4. The van der Waals surface area contributed by atoms with Crippen LogP contribution in [0.1, 0.15) is 24.4 Å². The maximum Gasteiger partial charge on any atom is 0.291 e. The Labute approximate surface area is 117 Å². The Hall–Kier alpha value is -2.43. The molecule has 0 atom stereocenters. The number of carbonyl (C=O) groups excluding carboxylic acids is 1. The predicted molar refractivity (Wildman–Crippen MR) is 75.4 cm³/mol. The van der Waals surface area contributed by atoms with Crippen LogP contribution in [0.3, 0.4) is 0 Å². The minimum absolute atomic E-state index is 0.261. The molecule has 5 heteroatoms. The van der Waals surface area contributed by atoms with E-state index in [1.807, 2.05) is 13.8 Å². The second-order valence-corrected chi connectivity index (χ2v) is 3.96. The van der Waals surface area contributed by atoms with E-state index in [0.29, 0.717) is 30.4 Å². The zero-order valence-corrected chi connectivity index (χ0v) is 11.5. The maximum atomic E-state index is 11.9. The van der Waals surface area contributed by atoms with Gasteiger partial charge in [0.05, 0.1) is 19.5 Å². The Bertz CT molecular complexity index is 563. The van der Waals surface area contributed by atoms with Crippen molar-refractivity contribution in [1.29, 1.82) is 0 Å². The van der Waals surface area contributed by atoms with E-state index in [0.717, 1.165) is 0 Å². The fourth-order valence-electron chi connectivity index (χ4n) is 1.73. The first-order valence-electron chi connectivity index (χ1n) is 6.49. The molecular weight excluding hydrogens is 258 g/mol. The van der Waals surface area contributed by atoms with Crippen molar-refractivity contribution in [1.82, 2.24) is 0 Å². The highest BCUT2D eigenvalue weighted by Crippen LogP contribution is 2.30. The summed E-state index contributed by atoms with van der Waals surface area (Å²) in [4.78, 5) is 11.9. The Balaban J connectivity index is 2.16. The molecule has 0 aliphatic carbocycles. The van der Waals surface area contributed by atoms with Crippen LogP contribution in [-0.4, -0.2) is 19.1 Å². The maximum absolute atomic E-state index is 11.9. The third kappa shape index (κ3) is 3.32. The van der Waals surface area contributed by atoms with Crippen molar-refractivity contribution in [2.45, 2.75) is 13.8 Å². The number of benzene rings is 1. The van der Waals surface area contributed by atoms with Crippen molar-refractivity contribution >= 4 is 11.6 Å². The molecule has 0 fully saturated rings. The lowest BCUT2D eigenvalue weighted by molar-refractivity contribution is 0.0996. The Morgan fingerprint density at radius 1 is 1.15 bits per heavy atom. The van der Waals surface area contributed by atoms with Crippen LogP contribution in [0.15, 0.2) is 41.0 Å². The van der Waals surface area contributed by atoms with Gasteiger partial charge in [0.15, 0.2) is 17.3 Å². The minimum Gasteiger partial charge on any atom is -0.490 e. The SMILES string of the molecule is CCOc1ccc(NC(=O)c2ccco2)cc1OCC. The van der Waals surface area contributed by atoms with Crippen LogP contribution in [0, 0.1) is 0 Å². The summed E-state index contributed by atoms with van der Waals surface area (Å²) in [6.45, 7) is 4.87. The molecule has 20 heavy (non-hydrogen) atoms. The number of rotatable bonds is 6. The number of carbonyl (C=O) groups is 1. The first kappa shape index (κ1) is 14.0. The Kier molecular flexibility index (Phi) is 4.65. The van der Waals surface area contributed by atoms with E-state index in [9.17, 15) is 4.79 Å². The monoisotopic (exact) mass is 275 g/mol. The number of nitrogens with one attached hydrogen (secondary N) is 1. The molecule has 0 bridgehead atoms. The van der Waals surface area contributed by atoms with Crippen LogP contribution < -0.4 is 14.8 Å². The smallest absolute Gasteiger partial charge is 0.291 e. The summed E-state index contributed by atoms with van der Waals surface area (Å²) in [5.74, 6) is 1.22. The van der Waals surface area contributed by atoms with Crippen LogP contribution >= 0.6 is 0 Å². The van der Waals surface area contributed by atoms with Gasteiger partial charge >= 0.3 is 0 Å². The van der Waals surface area contributed by atoms with Gasteiger partial charge in [0, 0.05) is 11.8 Å². The molecule has 2 rings (SSSR count). The number of anilines is 1. The second-order valence-electron chi connectivity index (χ2n) is 3.96. The third-order valence-electron chi connectivity index (χ3n) is 2.55. The molecule has 0 unspecified atom stereocenters. The van der Waals surface area contributed by atoms with E-state index >= 15 is 0 Å². The van der Waals surface area contributed by atoms with Crippen LogP contribution in [0.2, 0.25) is 0 Å². The number of hydrogen-bond donors (Lipinski definition) is 1. The number of furan rings is 1. The van der Waals surface area contributed by atoms with E-state index < -0.39 is 0 Å². The highest BCUT2D eigenvalue weighted by Gasteiger charge is 2.11. The number of amides is 1. The van der Waals surface area contributed by atoms with Gasteiger partial charge in [-0.3, -0.25) is 4.79 Å². The van der Waals surface area contributed by atoms with Gasteiger partial charge in [-0.15, -0.1) is 0 Å². The van der Waals surface area contributed by atoms with Gasteiger partial charge in [0.1, 0.15) is 0 Å². The first-order valence-corrected chi connectivity index (χ1v) is 6.49. The summed E-state index contributed by atoms with van der Waals surface area (Å²) in [6, 6.07) is 8.53. The van der Waals surface area contributed by atoms with Gasteiger partial charge < -0.3 is 19.2 Å². The molecule has 1 N–H and O–H groups in total. The minimum atomic E-state index is -0.304. The summed E-state index contributed by atoms with van der Waals surface area (Å²) in [5.41, 5.74) is 0.623. The van der Waals surface area contributed by atoms with Gasteiger partial charge in [-0.05, 0) is 38.1 Å². The van der Waals surface area contributed by atoms with Gasteiger partial charge in [0.25, 0.3) is 5.91 Å². The topological polar surface area (TPSA) is 60.7 Å². The summed E-state index contributed by atoms with van der Waals surface area (Å²) in [7, 11) is 0. The predicted octanol–water partition coefficient (Wildman–Crippen LogP) is 3.33. The van der Waals surface area contributed by atoms with Crippen molar-refractivity contribution in [3.63, 3.8) is 0 Å². The first-order chi connectivity index (χ1) is 9.74. The fraction of sp³-hybridized carbons (Fsp3) is 0.267. The van der Waals surface area contributed by atoms with Gasteiger partial charge in [0.2, 0.25) is 0 Å². The second kappa shape index (κ2) is 6.65. The van der Waals surface area contributed by atoms with Gasteiger partial charge in [-0.1, -0.05) is 0 Å². The van der Waals surface area contributed by atoms with E-state index in [1.165, 1.54) is 6.26 Å². The zero-order chi connectivity index (χ0) is 14.4. The summed E-state index contributed by atoms with van der Waals surface area (Å²) in [6.07, 6.45) is 1.46. The quantitative estimate of drug-likeness (QED) is 0.878. The number of ether oxygens (including phenoxy) is 2. The lowest BCUT2D eigenvalue weighted by Crippen LogP contribution is -2.11. The fourth-order valence-corrected chi connectivity index (χ4v) is 1.73. The zero-order valence-electron chi connectivity index (χ0n) is 11.5. The highest BCUT2D eigenvalue weighted by atomic mass is 16.5. The van der Waals surface area contributed by atoms with Crippen LogP contribution in [-0.2, 0) is 0 Å². The van der Waals surface area contributed by atoms with Crippen LogP contribution in [0.25, 0.3) is 0 Å².